The second-order valence-electron chi connectivity index (χ2n) is 3.49. The summed E-state index contributed by atoms with van der Waals surface area (Å²) in [6.45, 7) is 1.29. The lowest BCUT2D eigenvalue weighted by atomic mass is 9.82. The van der Waals surface area contributed by atoms with E-state index in [0.717, 1.165) is 19.4 Å². The van der Waals surface area contributed by atoms with Crippen molar-refractivity contribution >= 4 is 5.91 Å². The number of amides is 1. The molecule has 1 saturated carbocycles. The van der Waals surface area contributed by atoms with Gasteiger partial charge in [-0.3, -0.25) is 4.79 Å². The quantitative estimate of drug-likeness (QED) is 0.629. The zero-order valence-corrected chi connectivity index (χ0v) is 8.08. The van der Waals surface area contributed by atoms with E-state index in [2.05, 4.69) is 5.32 Å². The van der Waals surface area contributed by atoms with Crippen molar-refractivity contribution in [2.24, 2.45) is 11.7 Å². The Kier molecular flexibility index (Phi) is 4.18. The van der Waals surface area contributed by atoms with Crippen molar-refractivity contribution in [2.45, 2.75) is 25.4 Å². The number of nitrogens with two attached hydrogens (primary N) is 1. The molecular weight excluding hydrogens is 168 g/mol. The molecule has 0 bridgehead atoms. The molecule has 3 N–H and O–H groups in total. The van der Waals surface area contributed by atoms with Crippen LogP contribution in [0.3, 0.4) is 0 Å². The molecule has 1 aliphatic carbocycles. The number of hydrogen-bond donors (Lipinski definition) is 2. The summed E-state index contributed by atoms with van der Waals surface area (Å²) in [6.07, 6.45) is 2.92. The maximum absolute atomic E-state index is 10.8. The van der Waals surface area contributed by atoms with E-state index in [1.807, 2.05) is 0 Å². The number of hydrogen-bond acceptors (Lipinski definition) is 3. The van der Waals surface area contributed by atoms with E-state index in [9.17, 15) is 4.79 Å². The Balaban J connectivity index is 1.93. The van der Waals surface area contributed by atoms with E-state index in [-0.39, 0.29) is 5.91 Å². The fourth-order valence-electron chi connectivity index (χ4n) is 1.45. The van der Waals surface area contributed by atoms with Gasteiger partial charge in [-0.1, -0.05) is 0 Å². The van der Waals surface area contributed by atoms with Crippen LogP contribution < -0.4 is 11.1 Å². The van der Waals surface area contributed by atoms with Crippen LogP contribution in [0.1, 0.15) is 19.3 Å². The molecule has 0 aromatic carbocycles. The molecule has 0 heterocycles. The molecule has 1 rings (SSSR count). The van der Waals surface area contributed by atoms with Crippen molar-refractivity contribution in [2.75, 3.05) is 20.2 Å². The highest BCUT2D eigenvalue weighted by Crippen LogP contribution is 2.28. The Morgan fingerprint density at radius 1 is 1.62 bits per heavy atom. The summed E-state index contributed by atoms with van der Waals surface area (Å²) in [5.41, 5.74) is 5.47. The summed E-state index contributed by atoms with van der Waals surface area (Å²) in [5.74, 6) is 0.680. The minimum Gasteiger partial charge on any atom is -0.378 e. The Morgan fingerprint density at radius 2 is 2.31 bits per heavy atom. The van der Waals surface area contributed by atoms with Crippen LogP contribution in [0.4, 0.5) is 0 Å². The summed E-state index contributed by atoms with van der Waals surface area (Å²) in [7, 11) is 1.64. The van der Waals surface area contributed by atoms with Crippen LogP contribution in [-0.4, -0.2) is 32.2 Å². The predicted molar refractivity (Wildman–Crippen MR) is 50.2 cm³/mol. The van der Waals surface area contributed by atoms with Gasteiger partial charge in [0.25, 0.3) is 0 Å². The number of carbonyl (C=O) groups is 1. The van der Waals surface area contributed by atoms with Gasteiger partial charge in [0.1, 0.15) is 0 Å². The van der Waals surface area contributed by atoms with Gasteiger partial charge in [-0.05, 0) is 25.3 Å². The van der Waals surface area contributed by atoms with Gasteiger partial charge >= 0.3 is 0 Å². The van der Waals surface area contributed by atoms with Crippen LogP contribution in [0, 0.1) is 5.92 Å². The topological polar surface area (TPSA) is 64.3 Å². The van der Waals surface area contributed by atoms with Crippen molar-refractivity contribution in [3.63, 3.8) is 0 Å². The third-order valence-corrected chi connectivity index (χ3v) is 2.49. The standard InChI is InChI=1S/C9H18N2O2/c1-11-9(12)2-3-13-8-4-7(5-8)6-10/h7-8H,2-6,10H2,1H3,(H,11,12). The van der Waals surface area contributed by atoms with E-state index in [1.165, 1.54) is 0 Å². The Labute approximate surface area is 78.8 Å². The maximum atomic E-state index is 10.8. The molecule has 0 spiro atoms. The van der Waals surface area contributed by atoms with Crippen LogP contribution in [0.5, 0.6) is 0 Å². The van der Waals surface area contributed by atoms with Gasteiger partial charge in [-0.2, -0.15) is 0 Å². The van der Waals surface area contributed by atoms with Crippen LogP contribution >= 0.6 is 0 Å². The Bertz CT molecular complexity index is 167. The first-order chi connectivity index (χ1) is 6.26. The maximum Gasteiger partial charge on any atom is 0.222 e. The highest BCUT2D eigenvalue weighted by Gasteiger charge is 2.28. The smallest absolute Gasteiger partial charge is 0.222 e. The number of rotatable bonds is 5. The van der Waals surface area contributed by atoms with Crippen molar-refractivity contribution in [3.8, 4) is 0 Å². The third-order valence-electron chi connectivity index (χ3n) is 2.49. The molecule has 13 heavy (non-hydrogen) atoms. The van der Waals surface area contributed by atoms with Crippen LogP contribution in [0.15, 0.2) is 0 Å². The predicted octanol–water partition coefficient (Wildman–Crippen LogP) is -0.124. The van der Waals surface area contributed by atoms with Crippen LogP contribution in [-0.2, 0) is 9.53 Å². The van der Waals surface area contributed by atoms with Gasteiger partial charge in [0, 0.05) is 13.5 Å². The van der Waals surface area contributed by atoms with Crippen LogP contribution in [0.2, 0.25) is 0 Å². The normalized spacial score (nSPS) is 26.6. The summed E-state index contributed by atoms with van der Waals surface area (Å²) in [4.78, 5) is 10.8. The highest BCUT2D eigenvalue weighted by atomic mass is 16.5. The van der Waals surface area contributed by atoms with E-state index in [0.29, 0.717) is 25.0 Å². The molecule has 0 saturated heterocycles. The molecule has 1 amide bonds. The minimum absolute atomic E-state index is 0.0368. The van der Waals surface area contributed by atoms with Gasteiger partial charge in [0.15, 0.2) is 0 Å². The largest absolute Gasteiger partial charge is 0.378 e. The van der Waals surface area contributed by atoms with Crippen molar-refractivity contribution in [3.05, 3.63) is 0 Å². The monoisotopic (exact) mass is 186 g/mol. The Morgan fingerprint density at radius 3 is 2.85 bits per heavy atom. The molecular formula is C9H18N2O2. The fourth-order valence-corrected chi connectivity index (χ4v) is 1.45. The van der Waals surface area contributed by atoms with E-state index in [4.69, 9.17) is 10.5 Å². The molecule has 0 atom stereocenters. The van der Waals surface area contributed by atoms with Crippen LogP contribution in [0.25, 0.3) is 0 Å². The molecule has 0 unspecified atom stereocenters. The lowest BCUT2D eigenvalue weighted by Crippen LogP contribution is -2.36. The summed E-state index contributed by atoms with van der Waals surface area (Å²) >= 11 is 0. The number of carbonyl (C=O) groups excluding carboxylic acids is 1. The van der Waals surface area contributed by atoms with E-state index < -0.39 is 0 Å². The SMILES string of the molecule is CNC(=O)CCOC1CC(CN)C1. The zero-order valence-electron chi connectivity index (χ0n) is 8.08. The summed E-state index contributed by atoms with van der Waals surface area (Å²) in [5, 5.41) is 2.56. The van der Waals surface area contributed by atoms with Gasteiger partial charge in [-0.15, -0.1) is 0 Å². The van der Waals surface area contributed by atoms with Gasteiger partial charge in [0.2, 0.25) is 5.91 Å². The second kappa shape index (κ2) is 5.19. The summed E-state index contributed by atoms with van der Waals surface area (Å²) < 4.78 is 5.47. The molecule has 76 valence electrons. The van der Waals surface area contributed by atoms with Crippen molar-refractivity contribution < 1.29 is 9.53 Å². The first kappa shape index (κ1) is 10.5. The molecule has 0 aromatic rings. The molecule has 4 heteroatoms. The van der Waals surface area contributed by atoms with E-state index >= 15 is 0 Å². The molecule has 1 fully saturated rings. The average molecular weight is 186 g/mol. The van der Waals surface area contributed by atoms with Gasteiger partial charge < -0.3 is 15.8 Å². The molecule has 0 aromatic heterocycles. The van der Waals surface area contributed by atoms with Gasteiger partial charge in [0.05, 0.1) is 12.7 Å². The third kappa shape index (κ3) is 3.32. The average Bonchev–Trinajstić information content (AvgIpc) is 2.08. The number of nitrogens with one attached hydrogen (secondary N) is 1. The molecule has 4 nitrogen and oxygen atoms in total. The summed E-state index contributed by atoms with van der Waals surface area (Å²) in [6, 6.07) is 0. The van der Waals surface area contributed by atoms with Crippen molar-refractivity contribution in [1.82, 2.24) is 5.32 Å². The molecule has 0 aliphatic heterocycles. The lowest BCUT2D eigenvalue weighted by molar-refractivity contribution is -0.123. The first-order valence-electron chi connectivity index (χ1n) is 4.78. The van der Waals surface area contributed by atoms with E-state index in [1.54, 1.807) is 7.05 Å². The zero-order chi connectivity index (χ0) is 9.68. The minimum atomic E-state index is 0.0368. The Hall–Kier alpha value is -0.610. The van der Waals surface area contributed by atoms with Crippen molar-refractivity contribution in [1.29, 1.82) is 0 Å². The molecule has 1 aliphatic rings. The molecule has 0 radical (unpaired) electrons. The number of ether oxygens (including phenoxy) is 1. The highest BCUT2D eigenvalue weighted by molar-refractivity contribution is 5.75. The fraction of sp³-hybridized carbons (Fsp3) is 0.889. The van der Waals surface area contributed by atoms with Gasteiger partial charge in [-0.25, -0.2) is 0 Å². The second-order valence-corrected chi connectivity index (χ2v) is 3.49. The first-order valence-corrected chi connectivity index (χ1v) is 4.78. The lowest BCUT2D eigenvalue weighted by Gasteiger charge is -2.34.